The van der Waals surface area contributed by atoms with Gasteiger partial charge in [-0.25, -0.2) is 0 Å². The molecule has 1 saturated carbocycles. The first-order chi connectivity index (χ1) is 12.6. The zero-order valence-corrected chi connectivity index (χ0v) is 15.7. The highest BCUT2D eigenvalue weighted by molar-refractivity contribution is 5.86. The van der Waals surface area contributed by atoms with Crippen LogP contribution in [0.15, 0.2) is 24.3 Å². The Labute approximate surface area is 155 Å². The topological polar surface area (TPSA) is 70.7 Å². The summed E-state index contributed by atoms with van der Waals surface area (Å²) < 4.78 is 5.92. The fraction of sp³-hybridized carbons (Fsp3) is 0.600. The lowest BCUT2D eigenvalue weighted by molar-refractivity contribution is -0.129. The van der Waals surface area contributed by atoms with E-state index in [1.54, 1.807) is 0 Å². The summed E-state index contributed by atoms with van der Waals surface area (Å²) in [6.07, 6.45) is 3.58. The molecule has 1 aromatic carbocycles. The lowest BCUT2D eigenvalue weighted by Gasteiger charge is -2.35. The van der Waals surface area contributed by atoms with Crippen molar-refractivity contribution in [2.75, 3.05) is 24.5 Å². The molecular formula is C20H29N3O3. The quantitative estimate of drug-likeness (QED) is 0.746. The molecule has 3 rings (SSSR count). The van der Waals surface area contributed by atoms with Crippen molar-refractivity contribution in [3.05, 3.63) is 24.3 Å². The smallest absolute Gasteiger partial charge is 0.263 e. The van der Waals surface area contributed by atoms with Gasteiger partial charge in [-0.2, -0.15) is 0 Å². The summed E-state index contributed by atoms with van der Waals surface area (Å²) in [5.74, 6) is 1.18. The standard InChI is InChI=1S/C20H29N3O3/c1-3-15(4-2)22-20(25)18-12-23(13-19(24)21-11-14-9-10-14)16-7-5-6-8-17(16)26-18/h5-8,14-15,18H,3-4,9-13H2,1-2H3,(H,21,24)(H,22,25)/t18-/m0/s1. The molecular weight excluding hydrogens is 330 g/mol. The minimum atomic E-state index is -0.610. The molecule has 0 spiro atoms. The summed E-state index contributed by atoms with van der Waals surface area (Å²) in [6, 6.07) is 7.73. The maximum Gasteiger partial charge on any atom is 0.263 e. The monoisotopic (exact) mass is 359 g/mol. The number of para-hydroxylation sites is 2. The van der Waals surface area contributed by atoms with Crippen LogP contribution in [0.5, 0.6) is 5.75 Å². The highest BCUT2D eigenvalue weighted by atomic mass is 16.5. The molecule has 0 radical (unpaired) electrons. The third-order valence-corrected chi connectivity index (χ3v) is 5.11. The second-order valence-electron chi connectivity index (χ2n) is 7.22. The number of ether oxygens (including phenoxy) is 1. The van der Waals surface area contributed by atoms with Crippen LogP contribution in [-0.2, 0) is 9.59 Å². The molecule has 142 valence electrons. The van der Waals surface area contributed by atoms with Crippen LogP contribution >= 0.6 is 0 Å². The van der Waals surface area contributed by atoms with Crippen molar-refractivity contribution in [1.29, 1.82) is 0 Å². The predicted octanol–water partition coefficient (Wildman–Crippen LogP) is 2.08. The van der Waals surface area contributed by atoms with Crippen LogP contribution in [0.2, 0.25) is 0 Å². The summed E-state index contributed by atoms with van der Waals surface area (Å²) in [4.78, 5) is 26.9. The number of benzene rings is 1. The second kappa shape index (κ2) is 8.43. The Kier molecular flexibility index (Phi) is 6.01. The third-order valence-electron chi connectivity index (χ3n) is 5.11. The van der Waals surface area contributed by atoms with E-state index in [4.69, 9.17) is 4.74 Å². The molecule has 26 heavy (non-hydrogen) atoms. The summed E-state index contributed by atoms with van der Waals surface area (Å²) in [5, 5.41) is 6.04. The molecule has 6 heteroatoms. The van der Waals surface area contributed by atoms with E-state index in [1.165, 1.54) is 12.8 Å². The van der Waals surface area contributed by atoms with E-state index in [-0.39, 0.29) is 24.4 Å². The number of hydrogen-bond donors (Lipinski definition) is 2. The highest BCUT2D eigenvalue weighted by Gasteiger charge is 2.32. The van der Waals surface area contributed by atoms with E-state index in [2.05, 4.69) is 24.5 Å². The molecule has 1 aromatic rings. The summed E-state index contributed by atoms with van der Waals surface area (Å²) in [6.45, 7) is 5.48. The fourth-order valence-electron chi connectivity index (χ4n) is 3.19. The van der Waals surface area contributed by atoms with Crippen molar-refractivity contribution in [3.63, 3.8) is 0 Å². The van der Waals surface area contributed by atoms with E-state index >= 15 is 0 Å². The largest absolute Gasteiger partial charge is 0.477 e. The van der Waals surface area contributed by atoms with Crippen LogP contribution in [0.4, 0.5) is 5.69 Å². The number of anilines is 1. The third kappa shape index (κ3) is 4.68. The average Bonchev–Trinajstić information content (AvgIpc) is 3.48. The zero-order chi connectivity index (χ0) is 18.5. The molecule has 0 aromatic heterocycles. The van der Waals surface area contributed by atoms with Crippen molar-refractivity contribution in [2.24, 2.45) is 5.92 Å². The SMILES string of the molecule is CCC(CC)NC(=O)[C@@H]1CN(CC(=O)NCC2CC2)c2ccccc2O1. The molecule has 1 aliphatic carbocycles. The van der Waals surface area contributed by atoms with E-state index in [1.807, 2.05) is 29.2 Å². The summed E-state index contributed by atoms with van der Waals surface area (Å²) >= 11 is 0. The van der Waals surface area contributed by atoms with Crippen LogP contribution in [-0.4, -0.2) is 43.6 Å². The van der Waals surface area contributed by atoms with Gasteiger partial charge in [0.25, 0.3) is 5.91 Å². The molecule has 6 nitrogen and oxygen atoms in total. The highest BCUT2D eigenvalue weighted by Crippen LogP contribution is 2.33. The Balaban J connectivity index is 1.66. The maximum atomic E-state index is 12.6. The minimum Gasteiger partial charge on any atom is -0.477 e. The predicted molar refractivity (Wildman–Crippen MR) is 101 cm³/mol. The van der Waals surface area contributed by atoms with E-state index in [0.717, 1.165) is 25.1 Å². The second-order valence-corrected chi connectivity index (χ2v) is 7.22. The van der Waals surface area contributed by atoms with Gasteiger partial charge in [-0.05, 0) is 43.7 Å². The Morgan fingerprint density at radius 2 is 1.96 bits per heavy atom. The van der Waals surface area contributed by atoms with Gasteiger partial charge in [0.1, 0.15) is 5.75 Å². The van der Waals surface area contributed by atoms with Gasteiger partial charge in [-0.1, -0.05) is 26.0 Å². The summed E-state index contributed by atoms with van der Waals surface area (Å²) in [5.41, 5.74) is 0.862. The zero-order valence-electron chi connectivity index (χ0n) is 15.7. The molecule has 2 aliphatic rings. The summed E-state index contributed by atoms with van der Waals surface area (Å²) in [7, 11) is 0. The Hall–Kier alpha value is -2.24. The van der Waals surface area contributed by atoms with Crippen LogP contribution < -0.4 is 20.3 Å². The number of hydrogen-bond acceptors (Lipinski definition) is 4. The Bertz CT molecular complexity index is 641. The molecule has 1 fully saturated rings. The first-order valence-electron chi connectivity index (χ1n) is 9.68. The van der Waals surface area contributed by atoms with E-state index < -0.39 is 6.10 Å². The van der Waals surface area contributed by atoms with Gasteiger partial charge in [0.05, 0.1) is 18.8 Å². The van der Waals surface area contributed by atoms with Crippen LogP contribution in [0.3, 0.4) is 0 Å². The number of amides is 2. The molecule has 0 saturated heterocycles. The van der Waals surface area contributed by atoms with Crippen LogP contribution in [0.25, 0.3) is 0 Å². The normalized spacial score (nSPS) is 18.9. The molecule has 1 heterocycles. The van der Waals surface area contributed by atoms with Gasteiger partial charge in [-0.15, -0.1) is 0 Å². The lowest BCUT2D eigenvalue weighted by atomic mass is 10.1. The van der Waals surface area contributed by atoms with Gasteiger partial charge in [-0.3, -0.25) is 9.59 Å². The molecule has 1 aliphatic heterocycles. The molecule has 2 amide bonds. The van der Waals surface area contributed by atoms with Crippen molar-refractivity contribution in [2.45, 2.75) is 51.7 Å². The first kappa shape index (κ1) is 18.5. The number of carbonyl (C=O) groups excluding carboxylic acids is 2. The van der Waals surface area contributed by atoms with E-state index in [0.29, 0.717) is 18.2 Å². The van der Waals surface area contributed by atoms with Crippen LogP contribution in [0.1, 0.15) is 39.5 Å². The molecule has 1 atom stereocenters. The van der Waals surface area contributed by atoms with Crippen LogP contribution in [0, 0.1) is 5.92 Å². The van der Waals surface area contributed by atoms with Gasteiger partial charge in [0.2, 0.25) is 5.91 Å². The molecule has 2 N–H and O–H groups in total. The minimum absolute atomic E-state index is 0.00671. The van der Waals surface area contributed by atoms with Crippen molar-refractivity contribution < 1.29 is 14.3 Å². The Morgan fingerprint density at radius 1 is 1.23 bits per heavy atom. The molecule has 0 bridgehead atoms. The average molecular weight is 359 g/mol. The van der Waals surface area contributed by atoms with Crippen molar-refractivity contribution in [1.82, 2.24) is 10.6 Å². The van der Waals surface area contributed by atoms with Gasteiger partial charge in [0, 0.05) is 12.6 Å². The van der Waals surface area contributed by atoms with Gasteiger partial charge >= 0.3 is 0 Å². The van der Waals surface area contributed by atoms with Gasteiger partial charge < -0.3 is 20.3 Å². The number of nitrogens with one attached hydrogen (secondary N) is 2. The van der Waals surface area contributed by atoms with Crippen molar-refractivity contribution >= 4 is 17.5 Å². The fourth-order valence-corrected chi connectivity index (χ4v) is 3.19. The molecule has 0 unspecified atom stereocenters. The number of nitrogens with zero attached hydrogens (tertiary/aromatic N) is 1. The number of carbonyl (C=O) groups is 2. The number of fused-ring (bicyclic) bond motifs is 1. The maximum absolute atomic E-state index is 12.6. The number of rotatable bonds is 8. The lowest BCUT2D eigenvalue weighted by Crippen LogP contribution is -2.52. The first-order valence-corrected chi connectivity index (χ1v) is 9.68. The van der Waals surface area contributed by atoms with Gasteiger partial charge in [0.15, 0.2) is 6.10 Å². The van der Waals surface area contributed by atoms with Crippen molar-refractivity contribution in [3.8, 4) is 5.75 Å². The van der Waals surface area contributed by atoms with E-state index in [9.17, 15) is 9.59 Å². The Morgan fingerprint density at radius 3 is 2.65 bits per heavy atom.